The molecule has 78 valence electrons. The predicted octanol–water partition coefficient (Wildman–Crippen LogP) is 3.76. The molecule has 1 aromatic carbocycles. The quantitative estimate of drug-likeness (QED) is 0.814. The molecular formula is C11H9Cl2NO. The van der Waals surface area contributed by atoms with Crippen LogP contribution in [0, 0.1) is 0 Å². The molecule has 0 unspecified atom stereocenters. The highest BCUT2D eigenvalue weighted by molar-refractivity contribution is 6.30. The third-order valence-corrected chi connectivity index (χ3v) is 2.54. The van der Waals surface area contributed by atoms with Crippen LogP contribution in [0.2, 0.25) is 10.2 Å². The third-order valence-electron chi connectivity index (χ3n) is 2.10. The number of halogens is 2. The lowest BCUT2D eigenvalue weighted by molar-refractivity contribution is 0.523. The highest BCUT2D eigenvalue weighted by atomic mass is 35.5. The van der Waals surface area contributed by atoms with Gasteiger partial charge in [-0.3, -0.25) is 0 Å². The van der Waals surface area contributed by atoms with Crippen molar-refractivity contribution in [2.45, 2.75) is 6.42 Å². The Morgan fingerprint density at radius 1 is 1.13 bits per heavy atom. The minimum atomic E-state index is 0.380. The molecule has 0 radical (unpaired) electrons. The van der Waals surface area contributed by atoms with Crippen molar-refractivity contribution < 1.29 is 4.42 Å². The molecule has 0 amide bonds. The first-order valence-electron chi connectivity index (χ1n) is 4.43. The minimum absolute atomic E-state index is 0.380. The molecule has 2 nitrogen and oxygen atoms in total. The van der Waals surface area contributed by atoms with Gasteiger partial charge in [-0.1, -0.05) is 11.6 Å². The summed E-state index contributed by atoms with van der Waals surface area (Å²) >= 11 is 11.5. The van der Waals surface area contributed by atoms with E-state index in [1.807, 2.05) is 12.1 Å². The summed E-state index contributed by atoms with van der Waals surface area (Å²) in [5, 5.41) is 1.04. The van der Waals surface area contributed by atoms with Crippen molar-refractivity contribution in [2.24, 2.45) is 0 Å². The van der Waals surface area contributed by atoms with Gasteiger partial charge < -0.3 is 10.2 Å². The SMILES string of the molecule is Nc1ccc(Cl)cc1Cc1ccc(Cl)o1. The van der Waals surface area contributed by atoms with Gasteiger partial charge in [-0.05, 0) is 47.5 Å². The molecule has 0 aliphatic rings. The molecule has 1 aromatic heterocycles. The standard InChI is InChI=1S/C11H9Cl2NO/c12-8-1-3-10(14)7(5-8)6-9-2-4-11(13)15-9/h1-5H,6,14H2. The monoisotopic (exact) mass is 241 g/mol. The Balaban J connectivity index is 2.27. The van der Waals surface area contributed by atoms with Crippen LogP contribution in [0.5, 0.6) is 0 Å². The van der Waals surface area contributed by atoms with E-state index in [9.17, 15) is 0 Å². The summed E-state index contributed by atoms with van der Waals surface area (Å²) in [5.41, 5.74) is 7.45. The molecule has 0 spiro atoms. The molecule has 1 heterocycles. The molecule has 0 saturated carbocycles. The summed E-state index contributed by atoms with van der Waals surface area (Å²) in [6.45, 7) is 0. The second-order valence-corrected chi connectivity index (χ2v) is 4.03. The molecule has 0 saturated heterocycles. The Hall–Kier alpha value is -1.12. The summed E-state index contributed by atoms with van der Waals surface area (Å²) < 4.78 is 5.25. The maximum absolute atomic E-state index is 5.88. The predicted molar refractivity (Wildman–Crippen MR) is 62.4 cm³/mol. The molecule has 2 rings (SSSR count). The number of anilines is 1. The van der Waals surface area contributed by atoms with E-state index in [0.29, 0.717) is 22.4 Å². The van der Waals surface area contributed by atoms with Gasteiger partial charge in [-0.15, -0.1) is 0 Å². The van der Waals surface area contributed by atoms with E-state index in [1.165, 1.54) is 0 Å². The molecule has 0 atom stereocenters. The zero-order valence-corrected chi connectivity index (χ0v) is 9.35. The van der Waals surface area contributed by atoms with Gasteiger partial charge in [0.05, 0.1) is 0 Å². The van der Waals surface area contributed by atoms with E-state index < -0.39 is 0 Å². The number of nitrogens with two attached hydrogens (primary N) is 1. The van der Waals surface area contributed by atoms with Crippen molar-refractivity contribution in [1.82, 2.24) is 0 Å². The number of hydrogen-bond acceptors (Lipinski definition) is 2. The summed E-state index contributed by atoms with van der Waals surface area (Å²) in [6.07, 6.45) is 0.596. The summed E-state index contributed by atoms with van der Waals surface area (Å²) in [5.74, 6) is 0.772. The van der Waals surface area contributed by atoms with Crippen molar-refractivity contribution in [3.63, 3.8) is 0 Å². The Bertz CT molecular complexity index is 479. The lowest BCUT2D eigenvalue weighted by Gasteiger charge is -2.03. The normalized spacial score (nSPS) is 10.5. The molecule has 0 fully saturated rings. The van der Waals surface area contributed by atoms with Crippen LogP contribution in [0.25, 0.3) is 0 Å². The second kappa shape index (κ2) is 4.17. The van der Waals surface area contributed by atoms with E-state index in [2.05, 4.69) is 0 Å². The molecule has 2 N–H and O–H groups in total. The Labute approximate surface area is 97.6 Å². The van der Waals surface area contributed by atoms with Crippen molar-refractivity contribution in [1.29, 1.82) is 0 Å². The van der Waals surface area contributed by atoms with Crippen molar-refractivity contribution in [3.8, 4) is 0 Å². The minimum Gasteiger partial charge on any atom is -0.449 e. The summed E-state index contributed by atoms with van der Waals surface area (Å²) in [4.78, 5) is 0. The molecule has 0 aliphatic heterocycles. The highest BCUT2D eigenvalue weighted by Crippen LogP contribution is 2.23. The molecule has 15 heavy (non-hydrogen) atoms. The van der Waals surface area contributed by atoms with Crippen LogP contribution in [-0.2, 0) is 6.42 Å². The fourth-order valence-corrected chi connectivity index (χ4v) is 1.72. The third kappa shape index (κ3) is 2.46. The van der Waals surface area contributed by atoms with Crippen molar-refractivity contribution in [3.05, 3.63) is 51.9 Å². The molecule has 4 heteroatoms. The molecule has 0 bridgehead atoms. The average Bonchev–Trinajstić information content (AvgIpc) is 2.58. The first kappa shape index (κ1) is 10.4. The maximum atomic E-state index is 5.88. The Kier molecular flexibility index (Phi) is 2.89. The fraction of sp³-hybridized carbons (Fsp3) is 0.0909. The van der Waals surface area contributed by atoms with Gasteiger partial charge in [0.15, 0.2) is 5.22 Å². The van der Waals surface area contributed by atoms with Gasteiger partial charge in [0.1, 0.15) is 5.76 Å². The van der Waals surface area contributed by atoms with E-state index in [1.54, 1.807) is 18.2 Å². The van der Waals surface area contributed by atoms with Gasteiger partial charge in [-0.25, -0.2) is 0 Å². The first-order valence-corrected chi connectivity index (χ1v) is 5.19. The number of hydrogen-bond donors (Lipinski definition) is 1. The van der Waals surface area contributed by atoms with Crippen LogP contribution < -0.4 is 5.73 Å². The van der Waals surface area contributed by atoms with Crippen LogP contribution >= 0.6 is 23.2 Å². The Morgan fingerprint density at radius 3 is 2.60 bits per heavy atom. The fourth-order valence-electron chi connectivity index (χ4n) is 1.36. The van der Waals surface area contributed by atoms with Gasteiger partial charge >= 0.3 is 0 Å². The summed E-state index contributed by atoms with van der Waals surface area (Å²) in [6, 6.07) is 8.89. The van der Waals surface area contributed by atoms with E-state index in [-0.39, 0.29) is 0 Å². The van der Waals surface area contributed by atoms with Crippen molar-refractivity contribution in [2.75, 3.05) is 5.73 Å². The van der Waals surface area contributed by atoms with Crippen LogP contribution in [-0.4, -0.2) is 0 Å². The van der Waals surface area contributed by atoms with Crippen LogP contribution in [0.4, 0.5) is 5.69 Å². The first-order chi connectivity index (χ1) is 7.15. The van der Waals surface area contributed by atoms with E-state index in [4.69, 9.17) is 33.4 Å². The lowest BCUT2D eigenvalue weighted by Crippen LogP contribution is -1.94. The molecule has 2 aromatic rings. The van der Waals surface area contributed by atoms with Gasteiger partial charge in [0, 0.05) is 17.1 Å². The second-order valence-electron chi connectivity index (χ2n) is 3.23. The van der Waals surface area contributed by atoms with Crippen LogP contribution in [0.1, 0.15) is 11.3 Å². The lowest BCUT2D eigenvalue weighted by atomic mass is 10.1. The summed E-state index contributed by atoms with van der Waals surface area (Å²) in [7, 11) is 0. The van der Waals surface area contributed by atoms with Gasteiger partial charge in [0.2, 0.25) is 0 Å². The van der Waals surface area contributed by atoms with Gasteiger partial charge in [-0.2, -0.15) is 0 Å². The smallest absolute Gasteiger partial charge is 0.193 e. The van der Waals surface area contributed by atoms with E-state index >= 15 is 0 Å². The molecule has 0 aliphatic carbocycles. The van der Waals surface area contributed by atoms with Crippen molar-refractivity contribution >= 4 is 28.9 Å². The topological polar surface area (TPSA) is 39.2 Å². The zero-order chi connectivity index (χ0) is 10.8. The van der Waals surface area contributed by atoms with Gasteiger partial charge in [0.25, 0.3) is 0 Å². The number of nitrogen functional groups attached to an aromatic ring is 1. The maximum Gasteiger partial charge on any atom is 0.193 e. The number of benzene rings is 1. The average molecular weight is 242 g/mol. The van der Waals surface area contributed by atoms with Crippen LogP contribution in [0.3, 0.4) is 0 Å². The van der Waals surface area contributed by atoms with Crippen LogP contribution in [0.15, 0.2) is 34.7 Å². The number of furan rings is 1. The van der Waals surface area contributed by atoms with E-state index in [0.717, 1.165) is 11.3 Å². The largest absolute Gasteiger partial charge is 0.449 e. The number of rotatable bonds is 2. The molecular weight excluding hydrogens is 233 g/mol. The Morgan fingerprint density at radius 2 is 1.93 bits per heavy atom. The zero-order valence-electron chi connectivity index (χ0n) is 7.84. The highest BCUT2D eigenvalue weighted by Gasteiger charge is 2.05.